The minimum Gasteiger partial charge on any atom is -0.488 e. The van der Waals surface area contributed by atoms with E-state index in [1.807, 2.05) is 6.92 Å². The smallest absolute Gasteiger partial charge is 0.324 e. The minimum absolute atomic E-state index is 0. The zero-order valence-electron chi connectivity index (χ0n) is 15.6. The Balaban J connectivity index is 0.00000261. The fraction of sp³-hybridized carbons (Fsp3) is 0.611. The number of halogens is 1. The molecule has 1 aromatic carbocycles. The van der Waals surface area contributed by atoms with E-state index in [4.69, 9.17) is 9.47 Å². The van der Waals surface area contributed by atoms with Gasteiger partial charge in [0.15, 0.2) is 0 Å². The molecule has 0 spiro atoms. The van der Waals surface area contributed by atoms with Crippen molar-refractivity contribution in [2.45, 2.75) is 49.6 Å². The lowest BCUT2D eigenvalue weighted by atomic mass is 10.1. The third-order valence-corrected chi connectivity index (χ3v) is 6.86. The van der Waals surface area contributed by atoms with Crippen LogP contribution in [0.3, 0.4) is 0 Å². The third-order valence-electron chi connectivity index (χ3n) is 4.91. The lowest BCUT2D eigenvalue weighted by Crippen LogP contribution is -2.41. The summed E-state index contributed by atoms with van der Waals surface area (Å²) in [5, 5.41) is 3.27. The number of nitrogens with one attached hydrogen (secondary N) is 1. The summed E-state index contributed by atoms with van der Waals surface area (Å²) in [7, 11) is -2.57. The Labute approximate surface area is 166 Å². The summed E-state index contributed by atoms with van der Waals surface area (Å²) in [5.41, 5.74) is 0.925. The summed E-state index contributed by atoms with van der Waals surface area (Å²) in [6, 6.07) is 4.31. The zero-order valence-corrected chi connectivity index (χ0v) is 17.3. The molecule has 3 rings (SSSR count). The second-order valence-electron chi connectivity index (χ2n) is 6.83. The van der Waals surface area contributed by atoms with Crippen molar-refractivity contribution >= 4 is 28.4 Å². The van der Waals surface area contributed by atoms with Crippen LogP contribution in [0.2, 0.25) is 0 Å². The maximum Gasteiger partial charge on any atom is 0.324 e. The van der Waals surface area contributed by atoms with Gasteiger partial charge in [-0.3, -0.25) is 4.79 Å². The van der Waals surface area contributed by atoms with E-state index in [1.54, 1.807) is 18.2 Å². The number of benzene rings is 1. The SMILES string of the molecule is COC(=O)[C@@H]1CCCN1S(=O)(=O)c1ccc(C)cc1O[C@@H]1CCCNC1.Cl. The summed E-state index contributed by atoms with van der Waals surface area (Å²) >= 11 is 0. The van der Waals surface area contributed by atoms with Gasteiger partial charge < -0.3 is 14.8 Å². The summed E-state index contributed by atoms with van der Waals surface area (Å²) in [6.07, 6.45) is 2.92. The number of carbonyl (C=O) groups is 1. The van der Waals surface area contributed by atoms with Gasteiger partial charge in [0.25, 0.3) is 0 Å². The molecule has 0 unspecified atom stereocenters. The Morgan fingerprint density at radius 1 is 1.26 bits per heavy atom. The van der Waals surface area contributed by atoms with E-state index in [-0.39, 0.29) is 23.4 Å². The van der Waals surface area contributed by atoms with Crippen LogP contribution in [0.25, 0.3) is 0 Å². The average Bonchev–Trinajstić information content (AvgIpc) is 3.12. The number of carbonyl (C=O) groups excluding carboxylic acids is 1. The highest BCUT2D eigenvalue weighted by Gasteiger charge is 2.41. The predicted octanol–water partition coefficient (Wildman–Crippen LogP) is 1.87. The molecule has 0 amide bonds. The Morgan fingerprint density at radius 2 is 2.04 bits per heavy atom. The molecule has 2 atom stereocenters. The van der Waals surface area contributed by atoms with Crippen LogP contribution in [0.5, 0.6) is 5.75 Å². The molecule has 0 bridgehead atoms. The van der Waals surface area contributed by atoms with E-state index in [1.165, 1.54) is 11.4 Å². The number of hydrogen-bond acceptors (Lipinski definition) is 6. The molecule has 2 aliphatic heterocycles. The highest BCUT2D eigenvalue weighted by molar-refractivity contribution is 7.89. The average molecular weight is 419 g/mol. The second kappa shape index (κ2) is 9.23. The molecule has 0 saturated carbocycles. The van der Waals surface area contributed by atoms with Crippen LogP contribution >= 0.6 is 12.4 Å². The molecule has 0 radical (unpaired) electrons. The summed E-state index contributed by atoms with van der Waals surface area (Å²) < 4.78 is 38.6. The largest absolute Gasteiger partial charge is 0.488 e. The summed E-state index contributed by atoms with van der Waals surface area (Å²) in [5.74, 6) is -0.161. The number of rotatable bonds is 5. The normalized spacial score (nSPS) is 23.5. The van der Waals surface area contributed by atoms with E-state index in [2.05, 4.69) is 5.32 Å². The van der Waals surface area contributed by atoms with Crippen LogP contribution < -0.4 is 10.1 Å². The van der Waals surface area contributed by atoms with Crippen LogP contribution in [0.4, 0.5) is 0 Å². The van der Waals surface area contributed by atoms with Gasteiger partial charge in [-0.25, -0.2) is 8.42 Å². The van der Waals surface area contributed by atoms with Crippen LogP contribution in [0.1, 0.15) is 31.2 Å². The maximum absolute atomic E-state index is 13.3. The number of esters is 1. The monoisotopic (exact) mass is 418 g/mol. The van der Waals surface area contributed by atoms with Gasteiger partial charge in [0.05, 0.1) is 7.11 Å². The number of nitrogens with zero attached hydrogens (tertiary/aromatic N) is 1. The van der Waals surface area contributed by atoms with Crippen molar-refractivity contribution < 1.29 is 22.7 Å². The molecule has 0 aromatic heterocycles. The Bertz CT molecular complexity index is 765. The number of ether oxygens (including phenoxy) is 2. The number of sulfonamides is 1. The van der Waals surface area contributed by atoms with Crippen molar-refractivity contribution in [2.75, 3.05) is 26.7 Å². The Morgan fingerprint density at radius 3 is 2.70 bits per heavy atom. The quantitative estimate of drug-likeness (QED) is 0.735. The third kappa shape index (κ3) is 4.74. The molecular formula is C18H27ClN2O5S. The second-order valence-corrected chi connectivity index (χ2v) is 8.69. The highest BCUT2D eigenvalue weighted by atomic mass is 35.5. The Hall–Kier alpha value is -1.35. The molecular weight excluding hydrogens is 392 g/mol. The lowest BCUT2D eigenvalue weighted by molar-refractivity contribution is -0.144. The molecule has 2 fully saturated rings. The molecule has 2 saturated heterocycles. The zero-order chi connectivity index (χ0) is 18.7. The van der Waals surface area contributed by atoms with Crippen LogP contribution in [0, 0.1) is 6.92 Å². The number of methoxy groups -OCH3 is 1. The number of hydrogen-bond donors (Lipinski definition) is 1. The van der Waals surface area contributed by atoms with Gasteiger partial charge in [0, 0.05) is 13.1 Å². The maximum atomic E-state index is 13.3. The van der Waals surface area contributed by atoms with E-state index >= 15 is 0 Å². The summed E-state index contributed by atoms with van der Waals surface area (Å²) in [4.78, 5) is 12.1. The first-order valence-corrected chi connectivity index (χ1v) is 10.4. The molecule has 2 aliphatic rings. The minimum atomic E-state index is -3.85. The summed E-state index contributed by atoms with van der Waals surface area (Å²) in [6.45, 7) is 3.85. The molecule has 27 heavy (non-hydrogen) atoms. The van der Waals surface area contributed by atoms with Gasteiger partial charge in [-0.05, 0) is 56.8 Å². The van der Waals surface area contributed by atoms with Gasteiger partial charge in [-0.1, -0.05) is 6.07 Å². The van der Waals surface area contributed by atoms with Crippen LogP contribution in [-0.4, -0.2) is 57.6 Å². The Kier molecular flexibility index (Phi) is 7.50. The van der Waals surface area contributed by atoms with Crippen molar-refractivity contribution in [3.05, 3.63) is 23.8 Å². The fourth-order valence-corrected chi connectivity index (χ4v) is 5.30. The predicted molar refractivity (Wildman–Crippen MR) is 104 cm³/mol. The number of piperidine rings is 1. The van der Waals surface area contributed by atoms with Gasteiger partial charge in [-0.2, -0.15) is 4.31 Å². The first-order chi connectivity index (χ1) is 12.4. The first kappa shape index (κ1) is 21.9. The lowest BCUT2D eigenvalue weighted by Gasteiger charge is -2.27. The van der Waals surface area contributed by atoms with Crippen LogP contribution in [-0.2, 0) is 19.6 Å². The van der Waals surface area contributed by atoms with E-state index < -0.39 is 22.0 Å². The van der Waals surface area contributed by atoms with Gasteiger partial charge in [0.2, 0.25) is 10.0 Å². The van der Waals surface area contributed by atoms with Gasteiger partial charge in [-0.15, -0.1) is 12.4 Å². The molecule has 9 heteroatoms. The number of aryl methyl sites for hydroxylation is 1. The van der Waals surface area contributed by atoms with Gasteiger partial charge >= 0.3 is 5.97 Å². The van der Waals surface area contributed by atoms with Crippen molar-refractivity contribution in [2.24, 2.45) is 0 Å². The van der Waals surface area contributed by atoms with Crippen molar-refractivity contribution in [1.29, 1.82) is 0 Å². The van der Waals surface area contributed by atoms with Crippen molar-refractivity contribution in [1.82, 2.24) is 9.62 Å². The highest BCUT2D eigenvalue weighted by Crippen LogP contribution is 2.33. The van der Waals surface area contributed by atoms with E-state index in [0.29, 0.717) is 31.7 Å². The van der Waals surface area contributed by atoms with E-state index in [0.717, 1.165) is 24.9 Å². The molecule has 1 N–H and O–H groups in total. The fourth-order valence-electron chi connectivity index (χ4n) is 3.55. The molecule has 2 heterocycles. The standard InChI is InChI=1S/C18H26N2O5S.ClH/c1-13-7-8-17(16(11-13)25-14-5-3-9-19-12-14)26(22,23)20-10-4-6-15(20)18(21)24-2;/h7-8,11,14-15,19H,3-6,9-10,12H2,1-2H3;1H/t14-,15+;/m1./s1. The molecule has 7 nitrogen and oxygen atoms in total. The van der Waals surface area contributed by atoms with E-state index in [9.17, 15) is 13.2 Å². The van der Waals surface area contributed by atoms with Crippen LogP contribution in [0.15, 0.2) is 23.1 Å². The molecule has 1 aromatic rings. The first-order valence-electron chi connectivity index (χ1n) is 9.01. The molecule has 0 aliphatic carbocycles. The van der Waals surface area contributed by atoms with Crippen molar-refractivity contribution in [3.63, 3.8) is 0 Å². The van der Waals surface area contributed by atoms with Gasteiger partial charge in [0.1, 0.15) is 22.8 Å². The topological polar surface area (TPSA) is 84.9 Å². The van der Waals surface area contributed by atoms with Crippen molar-refractivity contribution in [3.8, 4) is 5.75 Å². The molecule has 152 valence electrons.